The molecule has 0 spiro atoms. The predicted octanol–water partition coefficient (Wildman–Crippen LogP) is 3.17. The van der Waals surface area contributed by atoms with Crippen molar-refractivity contribution in [3.05, 3.63) is 81.0 Å². The Morgan fingerprint density at radius 3 is 2.42 bits per heavy atom. The zero-order valence-corrected chi connectivity index (χ0v) is 20.6. The van der Waals surface area contributed by atoms with E-state index in [4.69, 9.17) is 16.3 Å². The largest absolute Gasteiger partial charge is 0.473 e. The standard InChI is InChI=1S/C24H23BrClN3O4/c1-28(2)22(31)16-17(13-7-5-4-6-8-13)24(14-9-11-15(25)12-10-14)23(32,20(16)30)19-18(33-24)21(26)29(3)27-19/h4-12,16-17,20,30,32H,1-3H3/t16-,17-,20-,23+,24+/m1/s1. The van der Waals surface area contributed by atoms with Crippen LogP contribution in [-0.4, -0.2) is 51.0 Å². The lowest BCUT2D eigenvalue weighted by Gasteiger charge is -2.40. The Balaban J connectivity index is 1.87. The maximum absolute atomic E-state index is 13.5. The Labute approximate surface area is 204 Å². The molecule has 1 aromatic heterocycles. The summed E-state index contributed by atoms with van der Waals surface area (Å²) in [5.41, 5.74) is -2.09. The minimum atomic E-state index is -2.03. The molecule has 5 atom stereocenters. The van der Waals surface area contributed by atoms with Gasteiger partial charge in [-0.1, -0.05) is 70.0 Å². The van der Waals surface area contributed by atoms with E-state index in [0.29, 0.717) is 5.56 Å². The van der Waals surface area contributed by atoms with Crippen LogP contribution in [0.5, 0.6) is 5.75 Å². The third-order valence-electron chi connectivity index (χ3n) is 6.85. The van der Waals surface area contributed by atoms with E-state index in [2.05, 4.69) is 21.0 Å². The number of nitrogens with zero attached hydrogens (tertiary/aromatic N) is 3. The van der Waals surface area contributed by atoms with Gasteiger partial charge in [0.2, 0.25) is 5.91 Å². The van der Waals surface area contributed by atoms with Crippen LogP contribution in [0.25, 0.3) is 0 Å². The van der Waals surface area contributed by atoms with Crippen molar-refractivity contribution in [2.45, 2.75) is 23.2 Å². The average molecular weight is 533 g/mol. The molecule has 5 rings (SSSR count). The van der Waals surface area contributed by atoms with E-state index in [-0.39, 0.29) is 22.5 Å². The van der Waals surface area contributed by atoms with Crippen molar-refractivity contribution in [3.63, 3.8) is 0 Å². The molecular formula is C24H23BrClN3O4. The molecule has 1 fully saturated rings. The number of benzene rings is 2. The summed E-state index contributed by atoms with van der Waals surface area (Å²) in [5.74, 6) is -1.83. The van der Waals surface area contributed by atoms with Crippen LogP contribution in [0.1, 0.15) is 22.7 Å². The van der Waals surface area contributed by atoms with Crippen LogP contribution in [0.2, 0.25) is 5.15 Å². The molecule has 0 bridgehead atoms. The van der Waals surface area contributed by atoms with E-state index < -0.39 is 29.1 Å². The highest BCUT2D eigenvalue weighted by molar-refractivity contribution is 9.10. The van der Waals surface area contributed by atoms with Gasteiger partial charge in [0.15, 0.2) is 22.1 Å². The van der Waals surface area contributed by atoms with Gasteiger partial charge in [-0.15, -0.1) is 0 Å². The number of fused-ring (bicyclic) bond motifs is 3. The highest BCUT2D eigenvalue weighted by Gasteiger charge is 2.79. The van der Waals surface area contributed by atoms with Crippen molar-refractivity contribution < 1.29 is 19.7 Å². The quantitative estimate of drug-likeness (QED) is 0.541. The highest BCUT2D eigenvalue weighted by Crippen LogP contribution is 2.69. The Morgan fingerprint density at radius 2 is 1.82 bits per heavy atom. The van der Waals surface area contributed by atoms with Gasteiger partial charge >= 0.3 is 0 Å². The molecular weight excluding hydrogens is 510 g/mol. The fourth-order valence-corrected chi connectivity index (χ4v) is 5.86. The van der Waals surface area contributed by atoms with Gasteiger partial charge in [-0.05, 0) is 23.3 Å². The van der Waals surface area contributed by atoms with E-state index in [9.17, 15) is 15.0 Å². The molecule has 172 valence electrons. The molecule has 0 radical (unpaired) electrons. The minimum Gasteiger partial charge on any atom is -0.473 e. The van der Waals surface area contributed by atoms with Crippen LogP contribution >= 0.6 is 27.5 Å². The van der Waals surface area contributed by atoms with Crippen LogP contribution < -0.4 is 4.74 Å². The molecule has 1 saturated carbocycles. The molecule has 0 unspecified atom stereocenters. The number of aryl methyl sites for hydroxylation is 1. The van der Waals surface area contributed by atoms with E-state index in [1.807, 2.05) is 54.6 Å². The molecule has 7 nitrogen and oxygen atoms in total. The van der Waals surface area contributed by atoms with Crippen LogP contribution in [0, 0.1) is 5.92 Å². The van der Waals surface area contributed by atoms with Gasteiger partial charge in [-0.25, -0.2) is 0 Å². The van der Waals surface area contributed by atoms with Crippen LogP contribution in [0.4, 0.5) is 0 Å². The van der Waals surface area contributed by atoms with Crippen molar-refractivity contribution >= 4 is 33.4 Å². The smallest absolute Gasteiger partial charge is 0.228 e. The van der Waals surface area contributed by atoms with Crippen LogP contribution in [0.3, 0.4) is 0 Å². The van der Waals surface area contributed by atoms with Gasteiger partial charge in [0, 0.05) is 31.5 Å². The molecule has 1 amide bonds. The maximum atomic E-state index is 13.5. The van der Waals surface area contributed by atoms with Crippen molar-refractivity contribution in [2.24, 2.45) is 13.0 Å². The maximum Gasteiger partial charge on any atom is 0.228 e. The number of rotatable bonds is 3. The predicted molar refractivity (Wildman–Crippen MR) is 126 cm³/mol. The number of aromatic nitrogens is 2. The number of hydrogen-bond donors (Lipinski definition) is 2. The van der Waals surface area contributed by atoms with Crippen molar-refractivity contribution in [1.29, 1.82) is 0 Å². The van der Waals surface area contributed by atoms with Crippen molar-refractivity contribution in [2.75, 3.05) is 14.1 Å². The van der Waals surface area contributed by atoms with E-state index in [1.165, 1.54) is 9.58 Å². The number of aliphatic hydroxyl groups excluding tert-OH is 1. The van der Waals surface area contributed by atoms with Crippen LogP contribution in [-0.2, 0) is 23.0 Å². The Kier molecular flexibility index (Phi) is 5.13. The number of ether oxygens (including phenoxy) is 1. The second-order valence-corrected chi connectivity index (χ2v) is 10.1. The van der Waals surface area contributed by atoms with Gasteiger partial charge in [0.1, 0.15) is 11.8 Å². The van der Waals surface area contributed by atoms with Gasteiger partial charge < -0.3 is 19.8 Å². The molecule has 1 aliphatic heterocycles. The third-order valence-corrected chi connectivity index (χ3v) is 7.79. The number of carbonyl (C=O) groups excluding carboxylic acids is 1. The Morgan fingerprint density at radius 1 is 1.18 bits per heavy atom. The summed E-state index contributed by atoms with van der Waals surface area (Å²) in [5, 5.41) is 28.8. The fraction of sp³-hybridized carbons (Fsp3) is 0.333. The lowest BCUT2D eigenvalue weighted by molar-refractivity contribution is -0.158. The zero-order valence-electron chi connectivity index (χ0n) is 18.2. The average Bonchev–Trinajstić information content (AvgIpc) is 3.30. The number of hydrogen-bond acceptors (Lipinski definition) is 5. The Bertz CT molecular complexity index is 1230. The molecule has 0 saturated heterocycles. The van der Waals surface area contributed by atoms with Gasteiger partial charge in [0.05, 0.1) is 5.92 Å². The normalized spacial score (nSPS) is 30.0. The minimum absolute atomic E-state index is 0.125. The van der Waals surface area contributed by atoms with E-state index in [0.717, 1.165) is 10.0 Å². The van der Waals surface area contributed by atoms with Gasteiger partial charge in [-0.2, -0.15) is 5.10 Å². The number of halogens is 2. The molecule has 2 aromatic carbocycles. The third kappa shape index (κ3) is 2.81. The molecule has 33 heavy (non-hydrogen) atoms. The molecule has 2 N–H and O–H groups in total. The second kappa shape index (κ2) is 7.56. The summed E-state index contributed by atoms with van der Waals surface area (Å²) in [7, 11) is 4.89. The zero-order chi connectivity index (χ0) is 23.7. The highest BCUT2D eigenvalue weighted by atomic mass is 79.9. The SMILES string of the molecule is CN(C)C(=O)[C@H]1[C@@H](O)[C@@]2(O)c3nn(C)c(Cl)c3O[C@@]2(c2ccc(Br)cc2)[C@@H]1c1ccccc1. The molecule has 3 aromatic rings. The van der Waals surface area contributed by atoms with E-state index in [1.54, 1.807) is 21.1 Å². The summed E-state index contributed by atoms with van der Waals surface area (Å²) in [6.07, 6.45) is -1.51. The Hall–Kier alpha value is -2.39. The summed E-state index contributed by atoms with van der Waals surface area (Å²) >= 11 is 9.95. The first-order chi connectivity index (χ1) is 15.6. The number of carbonyl (C=O) groups is 1. The second-order valence-electron chi connectivity index (χ2n) is 8.79. The monoisotopic (exact) mass is 531 g/mol. The lowest BCUT2D eigenvalue weighted by atomic mass is 9.71. The molecule has 2 heterocycles. The summed E-state index contributed by atoms with van der Waals surface area (Å²) in [6, 6.07) is 16.7. The summed E-state index contributed by atoms with van der Waals surface area (Å²) in [6.45, 7) is 0. The number of aliphatic hydroxyl groups is 2. The van der Waals surface area contributed by atoms with Gasteiger partial charge in [-0.3, -0.25) is 9.48 Å². The van der Waals surface area contributed by atoms with Crippen LogP contribution in [0.15, 0.2) is 59.1 Å². The molecule has 1 aliphatic carbocycles. The first-order valence-electron chi connectivity index (χ1n) is 10.5. The first-order valence-corrected chi connectivity index (χ1v) is 11.7. The van der Waals surface area contributed by atoms with Gasteiger partial charge in [0.25, 0.3) is 0 Å². The lowest BCUT2D eigenvalue weighted by Crippen LogP contribution is -2.52. The van der Waals surface area contributed by atoms with E-state index >= 15 is 0 Å². The fourth-order valence-electron chi connectivity index (χ4n) is 5.43. The molecule has 2 aliphatic rings. The molecule has 9 heteroatoms. The first kappa shape index (κ1) is 22.4. The van der Waals surface area contributed by atoms with Crippen molar-refractivity contribution in [1.82, 2.24) is 14.7 Å². The van der Waals surface area contributed by atoms with Crippen molar-refractivity contribution in [3.8, 4) is 5.75 Å². The number of amides is 1. The summed E-state index contributed by atoms with van der Waals surface area (Å²) < 4.78 is 8.82. The topological polar surface area (TPSA) is 87.8 Å². The summed E-state index contributed by atoms with van der Waals surface area (Å²) in [4.78, 5) is 14.9.